The maximum atomic E-state index is 12.1. The minimum Gasteiger partial charge on any atom is -0.396 e. The van der Waals surface area contributed by atoms with Gasteiger partial charge in [-0.3, -0.25) is 4.79 Å². The van der Waals surface area contributed by atoms with Gasteiger partial charge in [0.15, 0.2) is 0 Å². The Kier molecular flexibility index (Phi) is 3.99. The smallest absolute Gasteiger partial charge is 0.261 e. The molecule has 0 spiro atoms. The van der Waals surface area contributed by atoms with Crippen LogP contribution in [0.3, 0.4) is 0 Å². The van der Waals surface area contributed by atoms with Gasteiger partial charge < -0.3 is 10.4 Å². The molecular formula is C14H17NO2S. The van der Waals surface area contributed by atoms with E-state index in [-0.39, 0.29) is 18.6 Å². The summed E-state index contributed by atoms with van der Waals surface area (Å²) in [6, 6.07) is 8.02. The van der Waals surface area contributed by atoms with Gasteiger partial charge in [-0.25, -0.2) is 0 Å². The van der Waals surface area contributed by atoms with E-state index in [1.807, 2.05) is 38.1 Å². The molecule has 1 amide bonds. The third-order valence-electron chi connectivity index (χ3n) is 2.99. The summed E-state index contributed by atoms with van der Waals surface area (Å²) < 4.78 is 1.13. The molecule has 0 bridgehead atoms. The molecule has 2 N–H and O–H groups in total. The minimum atomic E-state index is -0.0466. The summed E-state index contributed by atoms with van der Waals surface area (Å²) in [4.78, 5) is 12.9. The lowest BCUT2D eigenvalue weighted by atomic mass is 10.1. The number of fused-ring (bicyclic) bond motifs is 1. The second-order valence-corrected chi connectivity index (χ2v) is 5.49. The zero-order valence-corrected chi connectivity index (χ0v) is 11.4. The summed E-state index contributed by atoms with van der Waals surface area (Å²) in [5, 5.41) is 12.9. The molecule has 4 heteroatoms. The molecular weight excluding hydrogens is 246 g/mol. The van der Waals surface area contributed by atoms with Gasteiger partial charge in [0.1, 0.15) is 0 Å². The number of aryl methyl sites for hydroxylation is 1. The van der Waals surface area contributed by atoms with Crippen molar-refractivity contribution in [1.29, 1.82) is 0 Å². The van der Waals surface area contributed by atoms with Gasteiger partial charge in [0, 0.05) is 17.3 Å². The van der Waals surface area contributed by atoms with E-state index in [2.05, 4.69) is 5.32 Å². The maximum Gasteiger partial charge on any atom is 0.261 e. The maximum absolute atomic E-state index is 12.1. The molecule has 0 aliphatic carbocycles. The van der Waals surface area contributed by atoms with Crippen LogP contribution in [0.4, 0.5) is 0 Å². The first-order valence-corrected chi connectivity index (χ1v) is 6.85. The van der Waals surface area contributed by atoms with Gasteiger partial charge in [-0.05, 0) is 37.3 Å². The first-order valence-electron chi connectivity index (χ1n) is 6.03. The Labute approximate surface area is 110 Å². The van der Waals surface area contributed by atoms with Crippen LogP contribution in [0.15, 0.2) is 24.3 Å². The molecule has 1 heterocycles. The van der Waals surface area contributed by atoms with E-state index in [0.717, 1.165) is 20.5 Å². The SMILES string of the molecule is Cc1c(C(=O)NC(C)CCO)sc2ccccc12. The lowest BCUT2D eigenvalue weighted by molar-refractivity contribution is 0.0938. The molecule has 18 heavy (non-hydrogen) atoms. The minimum absolute atomic E-state index is 0.00730. The summed E-state index contributed by atoms with van der Waals surface area (Å²) in [6.45, 7) is 3.97. The third kappa shape index (κ3) is 2.54. The van der Waals surface area contributed by atoms with Gasteiger partial charge in [-0.1, -0.05) is 18.2 Å². The topological polar surface area (TPSA) is 49.3 Å². The number of aliphatic hydroxyl groups excluding tert-OH is 1. The van der Waals surface area contributed by atoms with Crippen molar-refractivity contribution in [2.45, 2.75) is 26.3 Å². The molecule has 0 saturated carbocycles. The fourth-order valence-corrected chi connectivity index (χ4v) is 3.06. The number of thiophene rings is 1. The van der Waals surface area contributed by atoms with Crippen molar-refractivity contribution in [2.24, 2.45) is 0 Å². The number of aliphatic hydroxyl groups is 1. The van der Waals surface area contributed by atoms with Gasteiger partial charge in [-0.2, -0.15) is 0 Å². The van der Waals surface area contributed by atoms with Crippen molar-refractivity contribution in [2.75, 3.05) is 6.61 Å². The molecule has 1 aromatic carbocycles. The van der Waals surface area contributed by atoms with E-state index in [9.17, 15) is 4.79 Å². The van der Waals surface area contributed by atoms with Crippen LogP contribution in [0.25, 0.3) is 10.1 Å². The molecule has 96 valence electrons. The molecule has 0 radical (unpaired) electrons. The number of hydrogen-bond acceptors (Lipinski definition) is 3. The van der Waals surface area contributed by atoms with Crippen LogP contribution >= 0.6 is 11.3 Å². The number of benzene rings is 1. The highest BCUT2D eigenvalue weighted by atomic mass is 32.1. The van der Waals surface area contributed by atoms with Crippen molar-refractivity contribution in [3.63, 3.8) is 0 Å². The van der Waals surface area contributed by atoms with Crippen LogP contribution in [-0.4, -0.2) is 23.7 Å². The molecule has 2 aromatic rings. The lowest BCUT2D eigenvalue weighted by Crippen LogP contribution is -2.32. The number of carbonyl (C=O) groups is 1. The van der Waals surface area contributed by atoms with Gasteiger partial charge in [0.25, 0.3) is 5.91 Å². The average molecular weight is 263 g/mol. The number of nitrogens with one attached hydrogen (secondary N) is 1. The average Bonchev–Trinajstić information content (AvgIpc) is 2.68. The molecule has 3 nitrogen and oxygen atoms in total. The van der Waals surface area contributed by atoms with Crippen LogP contribution in [0, 0.1) is 6.92 Å². The summed E-state index contributed by atoms with van der Waals surface area (Å²) in [5.74, 6) is -0.0466. The molecule has 0 fully saturated rings. The summed E-state index contributed by atoms with van der Waals surface area (Å²) in [7, 11) is 0. The predicted molar refractivity (Wildman–Crippen MR) is 75.2 cm³/mol. The molecule has 0 aliphatic heterocycles. The Morgan fingerprint density at radius 3 is 2.83 bits per heavy atom. The van der Waals surface area contributed by atoms with E-state index in [1.165, 1.54) is 11.3 Å². The molecule has 1 atom stereocenters. The normalized spacial score (nSPS) is 12.6. The van der Waals surface area contributed by atoms with E-state index >= 15 is 0 Å². The Hall–Kier alpha value is -1.39. The Morgan fingerprint density at radius 2 is 2.17 bits per heavy atom. The number of carbonyl (C=O) groups excluding carboxylic acids is 1. The van der Waals surface area contributed by atoms with Crippen molar-refractivity contribution >= 4 is 27.3 Å². The first-order chi connectivity index (χ1) is 8.63. The van der Waals surface area contributed by atoms with Crippen molar-refractivity contribution in [3.8, 4) is 0 Å². The zero-order chi connectivity index (χ0) is 13.1. The first kappa shape index (κ1) is 13.1. The number of rotatable bonds is 4. The van der Waals surface area contributed by atoms with Crippen LogP contribution < -0.4 is 5.32 Å². The van der Waals surface area contributed by atoms with E-state index < -0.39 is 0 Å². The van der Waals surface area contributed by atoms with Crippen molar-refractivity contribution in [3.05, 3.63) is 34.7 Å². The summed E-state index contributed by atoms with van der Waals surface area (Å²) in [6.07, 6.45) is 0.579. The fourth-order valence-electron chi connectivity index (χ4n) is 1.95. The summed E-state index contributed by atoms with van der Waals surface area (Å²) in [5.41, 5.74) is 1.03. The second kappa shape index (κ2) is 5.50. The van der Waals surface area contributed by atoms with Crippen LogP contribution in [-0.2, 0) is 0 Å². The fraction of sp³-hybridized carbons (Fsp3) is 0.357. The Morgan fingerprint density at radius 1 is 1.44 bits per heavy atom. The Balaban J connectivity index is 2.25. The van der Waals surface area contributed by atoms with Crippen molar-refractivity contribution in [1.82, 2.24) is 5.32 Å². The van der Waals surface area contributed by atoms with E-state index in [4.69, 9.17) is 5.11 Å². The largest absolute Gasteiger partial charge is 0.396 e. The number of amides is 1. The standard InChI is InChI=1S/C14H17NO2S/c1-9(7-8-16)15-14(17)13-10(2)11-5-3-4-6-12(11)18-13/h3-6,9,16H,7-8H2,1-2H3,(H,15,17). The molecule has 2 rings (SSSR count). The quantitative estimate of drug-likeness (QED) is 0.891. The molecule has 1 aromatic heterocycles. The van der Waals surface area contributed by atoms with Crippen LogP contribution in [0.1, 0.15) is 28.6 Å². The number of hydrogen-bond donors (Lipinski definition) is 2. The van der Waals surface area contributed by atoms with Gasteiger partial charge in [-0.15, -0.1) is 11.3 Å². The molecule has 1 unspecified atom stereocenters. The van der Waals surface area contributed by atoms with Crippen LogP contribution in [0.2, 0.25) is 0 Å². The van der Waals surface area contributed by atoms with E-state index in [0.29, 0.717) is 6.42 Å². The summed E-state index contributed by atoms with van der Waals surface area (Å²) >= 11 is 1.52. The third-order valence-corrected chi connectivity index (χ3v) is 4.26. The molecule has 0 saturated heterocycles. The highest BCUT2D eigenvalue weighted by Crippen LogP contribution is 2.30. The second-order valence-electron chi connectivity index (χ2n) is 4.44. The molecule has 0 aliphatic rings. The highest BCUT2D eigenvalue weighted by molar-refractivity contribution is 7.21. The van der Waals surface area contributed by atoms with Crippen molar-refractivity contribution < 1.29 is 9.90 Å². The van der Waals surface area contributed by atoms with Crippen LogP contribution in [0.5, 0.6) is 0 Å². The predicted octanol–water partition coefficient (Wildman–Crippen LogP) is 2.71. The van der Waals surface area contributed by atoms with Gasteiger partial charge in [0.05, 0.1) is 4.88 Å². The monoisotopic (exact) mass is 263 g/mol. The highest BCUT2D eigenvalue weighted by Gasteiger charge is 2.16. The lowest BCUT2D eigenvalue weighted by Gasteiger charge is -2.11. The van der Waals surface area contributed by atoms with E-state index in [1.54, 1.807) is 0 Å². The zero-order valence-electron chi connectivity index (χ0n) is 10.6. The Bertz CT molecular complexity index is 562. The van der Waals surface area contributed by atoms with Gasteiger partial charge >= 0.3 is 0 Å². The van der Waals surface area contributed by atoms with Gasteiger partial charge in [0.2, 0.25) is 0 Å².